The lowest BCUT2D eigenvalue weighted by molar-refractivity contribution is 0.996. The first-order chi connectivity index (χ1) is 7.65. The van der Waals surface area contributed by atoms with Crippen molar-refractivity contribution in [1.82, 2.24) is 15.0 Å². The standard InChI is InChI=1S/C10H7BrClN3S/c1-6-4-14-10(12)15-9(6)16-8-3-2-7(11)5-13-8/h2-5H,1H3. The van der Waals surface area contributed by atoms with Gasteiger partial charge >= 0.3 is 0 Å². The predicted octanol–water partition coefficient (Wildman–Crippen LogP) is 3.75. The Morgan fingerprint density at radius 3 is 2.75 bits per heavy atom. The van der Waals surface area contributed by atoms with Crippen molar-refractivity contribution in [2.45, 2.75) is 17.0 Å². The summed E-state index contributed by atoms with van der Waals surface area (Å²) in [6.45, 7) is 1.94. The minimum absolute atomic E-state index is 0.255. The van der Waals surface area contributed by atoms with Crippen LogP contribution in [0.5, 0.6) is 0 Å². The van der Waals surface area contributed by atoms with Gasteiger partial charge in [-0.1, -0.05) is 0 Å². The molecule has 0 N–H and O–H groups in total. The summed E-state index contributed by atoms with van der Waals surface area (Å²) in [6, 6.07) is 3.86. The number of hydrogen-bond acceptors (Lipinski definition) is 4. The van der Waals surface area contributed by atoms with Crippen molar-refractivity contribution in [3.05, 3.63) is 39.8 Å². The zero-order valence-electron chi connectivity index (χ0n) is 8.32. The van der Waals surface area contributed by atoms with Gasteiger partial charge in [-0.15, -0.1) is 0 Å². The summed E-state index contributed by atoms with van der Waals surface area (Å²) >= 11 is 10.6. The van der Waals surface area contributed by atoms with E-state index in [0.29, 0.717) is 0 Å². The summed E-state index contributed by atoms with van der Waals surface area (Å²) in [5.41, 5.74) is 0.985. The summed E-state index contributed by atoms with van der Waals surface area (Å²) in [4.78, 5) is 12.3. The van der Waals surface area contributed by atoms with E-state index in [0.717, 1.165) is 20.1 Å². The molecule has 0 spiro atoms. The molecule has 3 nitrogen and oxygen atoms in total. The van der Waals surface area contributed by atoms with E-state index in [-0.39, 0.29) is 5.28 Å². The highest BCUT2D eigenvalue weighted by Crippen LogP contribution is 2.27. The summed E-state index contributed by atoms with van der Waals surface area (Å²) in [6.07, 6.45) is 3.46. The molecule has 0 atom stereocenters. The third kappa shape index (κ3) is 2.93. The molecule has 2 rings (SSSR count). The minimum Gasteiger partial charge on any atom is -0.248 e. The lowest BCUT2D eigenvalue weighted by atomic mass is 10.4. The van der Waals surface area contributed by atoms with E-state index in [1.807, 2.05) is 19.1 Å². The van der Waals surface area contributed by atoms with Gasteiger partial charge in [-0.2, -0.15) is 0 Å². The van der Waals surface area contributed by atoms with Gasteiger partial charge in [0.25, 0.3) is 0 Å². The first-order valence-corrected chi connectivity index (χ1v) is 6.42. The quantitative estimate of drug-likeness (QED) is 0.625. The number of pyridine rings is 1. The molecule has 0 saturated heterocycles. The van der Waals surface area contributed by atoms with E-state index in [9.17, 15) is 0 Å². The predicted molar refractivity (Wildman–Crippen MR) is 67.8 cm³/mol. The van der Waals surface area contributed by atoms with Crippen LogP contribution in [-0.4, -0.2) is 15.0 Å². The first kappa shape index (κ1) is 11.8. The maximum atomic E-state index is 5.74. The number of aromatic nitrogens is 3. The van der Waals surface area contributed by atoms with Crippen LogP contribution in [0, 0.1) is 6.92 Å². The van der Waals surface area contributed by atoms with Crippen LogP contribution in [0.1, 0.15) is 5.56 Å². The van der Waals surface area contributed by atoms with Crippen LogP contribution in [0.2, 0.25) is 5.28 Å². The Balaban J connectivity index is 2.26. The van der Waals surface area contributed by atoms with Gasteiger partial charge in [-0.25, -0.2) is 15.0 Å². The van der Waals surface area contributed by atoms with Crippen molar-refractivity contribution in [2.24, 2.45) is 0 Å². The Bertz CT molecular complexity index is 504. The molecule has 82 valence electrons. The second-order valence-electron chi connectivity index (χ2n) is 3.04. The highest BCUT2D eigenvalue weighted by molar-refractivity contribution is 9.10. The number of nitrogens with zero attached hydrogens (tertiary/aromatic N) is 3. The number of halogens is 2. The van der Waals surface area contributed by atoms with E-state index in [1.165, 1.54) is 11.8 Å². The zero-order chi connectivity index (χ0) is 11.5. The third-order valence-corrected chi connectivity index (χ3v) is 3.51. The Labute approximate surface area is 111 Å². The molecule has 0 aliphatic heterocycles. The van der Waals surface area contributed by atoms with Gasteiger partial charge < -0.3 is 0 Å². The highest BCUT2D eigenvalue weighted by Gasteiger charge is 2.05. The first-order valence-electron chi connectivity index (χ1n) is 4.44. The van der Waals surface area contributed by atoms with Crippen LogP contribution in [0.25, 0.3) is 0 Å². The largest absolute Gasteiger partial charge is 0.248 e. The molecule has 16 heavy (non-hydrogen) atoms. The molecule has 0 radical (unpaired) electrons. The van der Waals surface area contributed by atoms with Crippen LogP contribution >= 0.6 is 39.3 Å². The molecule has 0 aliphatic rings. The fourth-order valence-corrected chi connectivity index (χ4v) is 2.23. The molecular formula is C10H7BrClN3S. The van der Waals surface area contributed by atoms with Gasteiger partial charge in [-0.3, -0.25) is 0 Å². The van der Waals surface area contributed by atoms with Crippen LogP contribution in [0.4, 0.5) is 0 Å². The molecule has 2 heterocycles. The second-order valence-corrected chi connectivity index (χ2v) is 5.31. The molecule has 0 aromatic carbocycles. The number of hydrogen-bond donors (Lipinski definition) is 0. The van der Waals surface area contributed by atoms with Gasteiger partial charge in [0.15, 0.2) is 0 Å². The lowest BCUT2D eigenvalue weighted by Gasteiger charge is -2.03. The summed E-state index contributed by atoms with van der Waals surface area (Å²) < 4.78 is 0.953. The smallest absolute Gasteiger partial charge is 0.223 e. The Morgan fingerprint density at radius 1 is 1.25 bits per heavy atom. The van der Waals surface area contributed by atoms with Crippen LogP contribution in [0.15, 0.2) is 39.1 Å². The van der Waals surface area contributed by atoms with E-state index in [1.54, 1.807) is 12.4 Å². The molecule has 2 aromatic rings. The molecule has 0 saturated carbocycles. The number of rotatable bonds is 2. The van der Waals surface area contributed by atoms with Crippen molar-refractivity contribution in [3.63, 3.8) is 0 Å². The van der Waals surface area contributed by atoms with Crippen LogP contribution < -0.4 is 0 Å². The normalized spacial score (nSPS) is 10.4. The van der Waals surface area contributed by atoms with Crippen molar-refractivity contribution in [2.75, 3.05) is 0 Å². The van der Waals surface area contributed by atoms with E-state index in [4.69, 9.17) is 11.6 Å². The van der Waals surface area contributed by atoms with Gasteiger partial charge in [0.1, 0.15) is 10.1 Å². The van der Waals surface area contributed by atoms with E-state index >= 15 is 0 Å². The van der Waals surface area contributed by atoms with Crippen molar-refractivity contribution in [3.8, 4) is 0 Å². The molecule has 0 fully saturated rings. The summed E-state index contributed by atoms with van der Waals surface area (Å²) in [5, 5.41) is 1.96. The van der Waals surface area contributed by atoms with Gasteiger partial charge in [0.05, 0.1) is 0 Å². The fourth-order valence-electron chi connectivity index (χ4n) is 1.03. The van der Waals surface area contributed by atoms with Crippen LogP contribution in [0.3, 0.4) is 0 Å². The molecule has 0 aliphatic carbocycles. The molecular weight excluding hydrogens is 310 g/mol. The average Bonchev–Trinajstić information content (AvgIpc) is 2.27. The zero-order valence-corrected chi connectivity index (χ0v) is 11.5. The van der Waals surface area contributed by atoms with Gasteiger partial charge in [0, 0.05) is 22.4 Å². The average molecular weight is 317 g/mol. The maximum Gasteiger partial charge on any atom is 0.223 e. The van der Waals surface area contributed by atoms with Gasteiger partial charge in [-0.05, 0) is 58.3 Å². The topological polar surface area (TPSA) is 38.7 Å². The third-order valence-electron chi connectivity index (χ3n) is 1.80. The maximum absolute atomic E-state index is 5.74. The van der Waals surface area contributed by atoms with Crippen molar-refractivity contribution >= 4 is 39.3 Å². The summed E-state index contributed by atoms with van der Waals surface area (Å²) in [7, 11) is 0. The van der Waals surface area contributed by atoms with Gasteiger partial charge in [0.2, 0.25) is 5.28 Å². The highest BCUT2D eigenvalue weighted by atomic mass is 79.9. The molecule has 6 heteroatoms. The van der Waals surface area contributed by atoms with Crippen molar-refractivity contribution in [1.29, 1.82) is 0 Å². The van der Waals surface area contributed by atoms with Crippen molar-refractivity contribution < 1.29 is 0 Å². The molecule has 0 bridgehead atoms. The fraction of sp³-hybridized carbons (Fsp3) is 0.100. The van der Waals surface area contributed by atoms with E-state index < -0.39 is 0 Å². The summed E-state index contributed by atoms with van der Waals surface area (Å²) in [5.74, 6) is 0. The SMILES string of the molecule is Cc1cnc(Cl)nc1Sc1ccc(Br)cn1. The number of aryl methyl sites for hydroxylation is 1. The molecule has 0 amide bonds. The second kappa shape index (κ2) is 5.12. The van der Waals surface area contributed by atoms with E-state index in [2.05, 4.69) is 30.9 Å². The minimum atomic E-state index is 0.255. The van der Waals surface area contributed by atoms with Crippen LogP contribution in [-0.2, 0) is 0 Å². The lowest BCUT2D eigenvalue weighted by Crippen LogP contribution is -1.90. The Hall–Kier alpha value is -0.650. The molecule has 0 unspecified atom stereocenters. The Kier molecular flexibility index (Phi) is 3.78. The Morgan fingerprint density at radius 2 is 2.06 bits per heavy atom. The molecule has 2 aromatic heterocycles. The monoisotopic (exact) mass is 315 g/mol.